The quantitative estimate of drug-likeness (QED) is 0.286. The van der Waals surface area contributed by atoms with Crippen LogP contribution in [0.15, 0.2) is 52.1 Å². The average Bonchev–Trinajstić information content (AvgIpc) is 3.26. The highest BCUT2D eigenvalue weighted by Gasteiger charge is 2.19. The van der Waals surface area contributed by atoms with Gasteiger partial charge in [0.05, 0.1) is 12.8 Å². The molecular weight excluding hydrogens is 501 g/mol. The fourth-order valence-electron chi connectivity index (χ4n) is 4.08. The van der Waals surface area contributed by atoms with Gasteiger partial charge in [0, 0.05) is 39.3 Å². The fourth-order valence-corrected chi connectivity index (χ4v) is 4.08. The summed E-state index contributed by atoms with van der Waals surface area (Å²) in [5, 5.41) is 7.13. The molecule has 0 spiro atoms. The van der Waals surface area contributed by atoms with E-state index in [9.17, 15) is 0 Å². The monoisotopic (exact) mass is 539 g/mol. The molecule has 0 amide bonds. The summed E-state index contributed by atoms with van der Waals surface area (Å²) in [4.78, 5) is 9.28. The maximum atomic E-state index is 5.48. The van der Waals surface area contributed by atoms with Crippen LogP contribution in [0.25, 0.3) is 0 Å². The van der Waals surface area contributed by atoms with E-state index in [4.69, 9.17) is 4.42 Å². The summed E-state index contributed by atoms with van der Waals surface area (Å²) in [6.45, 7) is 8.25. The molecule has 2 N–H and O–H groups in total. The molecular formula is C24H38IN5O. The Labute approximate surface area is 204 Å². The van der Waals surface area contributed by atoms with Gasteiger partial charge in [-0.25, -0.2) is 0 Å². The lowest BCUT2D eigenvalue weighted by Gasteiger charge is -2.32. The van der Waals surface area contributed by atoms with Crippen LogP contribution in [0.5, 0.6) is 0 Å². The highest BCUT2D eigenvalue weighted by molar-refractivity contribution is 14.0. The van der Waals surface area contributed by atoms with Crippen molar-refractivity contribution in [3.63, 3.8) is 0 Å². The number of piperidine rings is 1. The first kappa shape index (κ1) is 25.7. The van der Waals surface area contributed by atoms with Gasteiger partial charge in [0.2, 0.25) is 0 Å². The molecule has 0 atom stereocenters. The molecule has 1 aromatic heterocycles. The molecule has 0 unspecified atom stereocenters. The predicted octanol–water partition coefficient (Wildman–Crippen LogP) is 4.07. The van der Waals surface area contributed by atoms with Crippen molar-refractivity contribution in [1.82, 2.24) is 20.4 Å². The molecule has 6 nitrogen and oxygen atoms in total. The van der Waals surface area contributed by atoms with Gasteiger partial charge < -0.3 is 20.0 Å². The number of hydrogen-bond donors (Lipinski definition) is 2. The number of hydrogen-bond acceptors (Lipinski definition) is 4. The predicted molar refractivity (Wildman–Crippen MR) is 139 cm³/mol. The number of nitrogens with zero attached hydrogens (tertiary/aromatic N) is 3. The Bertz CT molecular complexity index is 772. The van der Waals surface area contributed by atoms with Crippen LogP contribution in [0.3, 0.4) is 0 Å². The van der Waals surface area contributed by atoms with Crippen LogP contribution in [-0.4, -0.2) is 55.5 Å². The topological polar surface area (TPSA) is 56.0 Å². The molecule has 172 valence electrons. The van der Waals surface area contributed by atoms with E-state index < -0.39 is 0 Å². The normalized spacial score (nSPS) is 15.7. The largest absolute Gasteiger partial charge is 0.468 e. The molecule has 0 aliphatic carbocycles. The van der Waals surface area contributed by atoms with Gasteiger partial charge >= 0.3 is 0 Å². The minimum atomic E-state index is 0. The van der Waals surface area contributed by atoms with Crippen molar-refractivity contribution in [2.75, 3.05) is 33.7 Å². The summed E-state index contributed by atoms with van der Waals surface area (Å²) in [7, 11) is 3.97. The Morgan fingerprint density at radius 1 is 1.13 bits per heavy atom. The molecule has 1 aliphatic rings. The molecule has 3 rings (SSSR count). The standard InChI is InChI=1S/C24H37N5O.HI/c1-4-13-29-14-11-22(12-15-29)27-24(25-2)26-17-20-8-5-6-9-21(20)18-28(3)19-23-10-7-16-30-23;/h5-10,16,22H,4,11-15,17-19H2,1-3H3,(H2,25,26,27);1H. The maximum Gasteiger partial charge on any atom is 0.191 e. The Morgan fingerprint density at radius 3 is 2.52 bits per heavy atom. The second-order valence-corrected chi connectivity index (χ2v) is 8.21. The van der Waals surface area contributed by atoms with Crippen molar-refractivity contribution < 1.29 is 4.42 Å². The summed E-state index contributed by atoms with van der Waals surface area (Å²) < 4.78 is 5.48. The zero-order chi connectivity index (χ0) is 21.2. The molecule has 0 bridgehead atoms. The molecule has 1 aromatic carbocycles. The fraction of sp³-hybridized carbons (Fsp3) is 0.542. The van der Waals surface area contributed by atoms with Crippen LogP contribution in [0, 0.1) is 0 Å². The van der Waals surface area contributed by atoms with E-state index in [2.05, 4.69) is 63.7 Å². The Kier molecular flexibility index (Phi) is 11.4. The smallest absolute Gasteiger partial charge is 0.191 e. The van der Waals surface area contributed by atoms with Crippen LogP contribution >= 0.6 is 24.0 Å². The van der Waals surface area contributed by atoms with Crippen molar-refractivity contribution in [3.8, 4) is 0 Å². The molecule has 1 fully saturated rings. The van der Waals surface area contributed by atoms with E-state index in [0.29, 0.717) is 6.04 Å². The molecule has 0 saturated carbocycles. The summed E-state index contributed by atoms with van der Waals surface area (Å²) in [6, 6.07) is 13.1. The van der Waals surface area contributed by atoms with E-state index in [1.807, 2.05) is 19.2 Å². The van der Waals surface area contributed by atoms with Crippen LogP contribution in [-0.2, 0) is 19.6 Å². The third-order valence-corrected chi connectivity index (χ3v) is 5.70. The Hall–Kier alpha value is -1.58. The summed E-state index contributed by atoms with van der Waals surface area (Å²) in [5.74, 6) is 1.88. The molecule has 0 radical (unpaired) electrons. The molecule has 2 aromatic rings. The van der Waals surface area contributed by atoms with Crippen molar-refractivity contribution in [2.45, 2.75) is 51.9 Å². The summed E-state index contributed by atoms with van der Waals surface area (Å²) >= 11 is 0. The van der Waals surface area contributed by atoms with E-state index >= 15 is 0 Å². The number of likely N-dealkylation sites (tertiary alicyclic amines) is 1. The van der Waals surface area contributed by atoms with Gasteiger partial charge in [0.25, 0.3) is 0 Å². The molecule has 31 heavy (non-hydrogen) atoms. The van der Waals surface area contributed by atoms with Crippen molar-refractivity contribution in [1.29, 1.82) is 0 Å². The number of nitrogens with one attached hydrogen (secondary N) is 2. The van der Waals surface area contributed by atoms with Crippen molar-refractivity contribution in [2.24, 2.45) is 4.99 Å². The Balaban J connectivity index is 0.00000341. The third kappa shape index (κ3) is 8.46. The van der Waals surface area contributed by atoms with E-state index in [-0.39, 0.29) is 24.0 Å². The first-order valence-corrected chi connectivity index (χ1v) is 11.1. The first-order valence-electron chi connectivity index (χ1n) is 11.1. The van der Waals surface area contributed by atoms with Crippen LogP contribution in [0.2, 0.25) is 0 Å². The lowest BCUT2D eigenvalue weighted by Crippen LogP contribution is -2.48. The van der Waals surface area contributed by atoms with E-state index in [1.165, 1.54) is 50.0 Å². The molecule has 7 heteroatoms. The molecule has 2 heterocycles. The number of benzene rings is 1. The molecule has 1 aliphatic heterocycles. The van der Waals surface area contributed by atoms with E-state index in [1.54, 1.807) is 6.26 Å². The van der Waals surface area contributed by atoms with Gasteiger partial charge in [-0.2, -0.15) is 0 Å². The minimum absolute atomic E-state index is 0. The Morgan fingerprint density at radius 2 is 1.87 bits per heavy atom. The van der Waals surface area contributed by atoms with Crippen LogP contribution in [0.1, 0.15) is 43.1 Å². The number of halogens is 1. The van der Waals surface area contributed by atoms with Gasteiger partial charge in [-0.1, -0.05) is 31.2 Å². The zero-order valence-corrected chi connectivity index (χ0v) is 21.5. The second-order valence-electron chi connectivity index (χ2n) is 8.21. The average molecular weight is 540 g/mol. The van der Waals surface area contributed by atoms with Gasteiger partial charge in [-0.3, -0.25) is 9.89 Å². The lowest BCUT2D eigenvalue weighted by molar-refractivity contribution is 0.206. The number of furan rings is 1. The molecule has 1 saturated heterocycles. The first-order chi connectivity index (χ1) is 14.7. The van der Waals surface area contributed by atoms with E-state index in [0.717, 1.165) is 31.4 Å². The second kappa shape index (κ2) is 13.8. The van der Waals surface area contributed by atoms with Crippen LogP contribution in [0.4, 0.5) is 0 Å². The highest BCUT2D eigenvalue weighted by atomic mass is 127. The highest BCUT2D eigenvalue weighted by Crippen LogP contribution is 2.14. The van der Waals surface area contributed by atoms with Gasteiger partial charge in [0.1, 0.15) is 5.76 Å². The van der Waals surface area contributed by atoms with Crippen molar-refractivity contribution in [3.05, 3.63) is 59.5 Å². The van der Waals surface area contributed by atoms with Crippen molar-refractivity contribution >= 4 is 29.9 Å². The van der Waals surface area contributed by atoms with Gasteiger partial charge in [-0.15, -0.1) is 24.0 Å². The van der Waals surface area contributed by atoms with Gasteiger partial charge in [0.15, 0.2) is 5.96 Å². The minimum Gasteiger partial charge on any atom is -0.468 e. The summed E-state index contributed by atoms with van der Waals surface area (Å²) in [6.07, 6.45) is 5.31. The number of rotatable bonds is 9. The zero-order valence-electron chi connectivity index (χ0n) is 19.1. The number of guanidine groups is 1. The maximum absolute atomic E-state index is 5.48. The van der Waals surface area contributed by atoms with Gasteiger partial charge in [-0.05, 0) is 56.1 Å². The number of aliphatic imine (C=N–C) groups is 1. The summed E-state index contributed by atoms with van der Waals surface area (Å²) in [5.41, 5.74) is 2.62. The third-order valence-electron chi connectivity index (χ3n) is 5.70. The lowest BCUT2D eigenvalue weighted by atomic mass is 10.0. The SMILES string of the molecule is CCCN1CCC(NC(=NC)NCc2ccccc2CN(C)Cc2ccco2)CC1.I. The van der Waals surface area contributed by atoms with Crippen LogP contribution < -0.4 is 10.6 Å².